The Hall–Kier alpha value is -1.10. The molecule has 2 rings (SSSR count). The number of thiophene rings is 1. The summed E-state index contributed by atoms with van der Waals surface area (Å²) in [5.41, 5.74) is 1.62. The van der Waals surface area contributed by atoms with Gasteiger partial charge in [0.2, 0.25) is 0 Å². The minimum atomic E-state index is -0.280. The maximum atomic E-state index is 14.3. The van der Waals surface area contributed by atoms with E-state index in [9.17, 15) is 4.39 Å². The summed E-state index contributed by atoms with van der Waals surface area (Å²) >= 11 is 7.61. The van der Waals surface area contributed by atoms with Gasteiger partial charge in [0.05, 0.1) is 17.5 Å². The Kier molecular flexibility index (Phi) is 5.02. The van der Waals surface area contributed by atoms with Crippen LogP contribution in [-0.4, -0.2) is 13.7 Å². The second-order valence-electron chi connectivity index (χ2n) is 4.48. The molecular weight excluding hydrogens is 297 g/mol. The van der Waals surface area contributed by atoms with E-state index in [4.69, 9.17) is 16.3 Å². The highest BCUT2D eigenvalue weighted by Crippen LogP contribution is 2.35. The zero-order valence-corrected chi connectivity index (χ0v) is 13.2. The minimum absolute atomic E-state index is 0.192. The smallest absolute Gasteiger partial charge is 0.132 e. The van der Waals surface area contributed by atoms with Crippen molar-refractivity contribution in [2.45, 2.75) is 19.9 Å². The fraction of sp³-hybridized carbons (Fsp3) is 0.333. The van der Waals surface area contributed by atoms with Gasteiger partial charge in [-0.15, -0.1) is 11.3 Å². The molecular formula is C15H17ClFNOS. The molecule has 1 heterocycles. The Morgan fingerprint density at radius 2 is 2.15 bits per heavy atom. The van der Waals surface area contributed by atoms with Crippen molar-refractivity contribution in [2.75, 3.05) is 13.7 Å². The average Bonchev–Trinajstić information content (AvgIpc) is 2.76. The lowest BCUT2D eigenvalue weighted by atomic mass is 10.0. The molecule has 1 aromatic heterocycles. The molecule has 0 saturated carbocycles. The van der Waals surface area contributed by atoms with Crippen LogP contribution in [0.5, 0.6) is 5.75 Å². The van der Waals surface area contributed by atoms with E-state index >= 15 is 0 Å². The van der Waals surface area contributed by atoms with E-state index in [-0.39, 0.29) is 11.9 Å². The quantitative estimate of drug-likeness (QED) is 0.874. The number of hydrogen-bond acceptors (Lipinski definition) is 3. The number of halogens is 2. The van der Waals surface area contributed by atoms with Crippen molar-refractivity contribution in [3.05, 3.63) is 50.4 Å². The van der Waals surface area contributed by atoms with Crippen molar-refractivity contribution in [3.63, 3.8) is 0 Å². The molecule has 2 nitrogen and oxygen atoms in total. The third-order valence-corrected chi connectivity index (χ3v) is 4.71. The monoisotopic (exact) mass is 313 g/mol. The first kappa shape index (κ1) is 15.3. The second-order valence-corrected chi connectivity index (χ2v) is 6.17. The van der Waals surface area contributed by atoms with E-state index in [0.717, 1.165) is 21.3 Å². The van der Waals surface area contributed by atoms with E-state index < -0.39 is 0 Å². The summed E-state index contributed by atoms with van der Waals surface area (Å²) in [6.07, 6.45) is 0. The lowest BCUT2D eigenvalue weighted by Gasteiger charge is -2.18. The summed E-state index contributed by atoms with van der Waals surface area (Å²) in [5.74, 6) is 0.236. The number of rotatable bonds is 5. The van der Waals surface area contributed by atoms with Crippen LogP contribution < -0.4 is 10.1 Å². The van der Waals surface area contributed by atoms with Crippen molar-refractivity contribution >= 4 is 22.9 Å². The van der Waals surface area contributed by atoms with Gasteiger partial charge in [0.1, 0.15) is 11.6 Å². The van der Waals surface area contributed by atoms with Crippen LogP contribution in [0.25, 0.3) is 0 Å². The first-order chi connectivity index (χ1) is 9.56. The Bertz CT molecular complexity index is 580. The van der Waals surface area contributed by atoms with Crippen LogP contribution in [0.3, 0.4) is 0 Å². The Morgan fingerprint density at radius 3 is 2.65 bits per heavy atom. The standard InChI is InChI=1S/C15H17ClFNOS/c1-4-18-14(13-7-9(2)15(16)20-13)11-6-5-10(19-3)8-12(11)17/h5-8,14,18H,4H2,1-3H3. The van der Waals surface area contributed by atoms with Crippen molar-refractivity contribution in [2.24, 2.45) is 0 Å². The fourth-order valence-corrected chi connectivity index (χ4v) is 3.38. The van der Waals surface area contributed by atoms with E-state index in [1.165, 1.54) is 24.5 Å². The maximum Gasteiger partial charge on any atom is 0.132 e. The number of ether oxygens (including phenoxy) is 1. The SMILES string of the molecule is CCNC(c1cc(C)c(Cl)s1)c1ccc(OC)cc1F. The molecule has 0 spiro atoms. The van der Waals surface area contributed by atoms with Crippen molar-refractivity contribution in [1.82, 2.24) is 5.32 Å². The number of nitrogens with one attached hydrogen (secondary N) is 1. The number of hydrogen-bond donors (Lipinski definition) is 1. The summed E-state index contributed by atoms with van der Waals surface area (Å²) in [6, 6.07) is 6.74. The molecule has 0 saturated heterocycles. The molecule has 0 radical (unpaired) electrons. The van der Waals surface area contributed by atoms with Gasteiger partial charge >= 0.3 is 0 Å². The first-order valence-electron chi connectivity index (χ1n) is 6.39. The van der Waals surface area contributed by atoms with Crippen LogP contribution in [0.2, 0.25) is 4.34 Å². The van der Waals surface area contributed by atoms with Crippen LogP contribution in [-0.2, 0) is 0 Å². The molecule has 1 N–H and O–H groups in total. The fourth-order valence-electron chi connectivity index (χ4n) is 2.06. The van der Waals surface area contributed by atoms with Gasteiger partial charge in [-0.2, -0.15) is 0 Å². The first-order valence-corrected chi connectivity index (χ1v) is 7.59. The normalized spacial score (nSPS) is 12.4. The van der Waals surface area contributed by atoms with Crippen molar-refractivity contribution < 1.29 is 9.13 Å². The van der Waals surface area contributed by atoms with E-state index in [1.807, 2.05) is 19.9 Å². The van der Waals surface area contributed by atoms with E-state index in [0.29, 0.717) is 11.3 Å². The maximum absolute atomic E-state index is 14.3. The third-order valence-electron chi connectivity index (χ3n) is 3.09. The Balaban J connectivity index is 2.42. The van der Waals surface area contributed by atoms with Gasteiger partial charge in [0.15, 0.2) is 0 Å². The predicted molar refractivity (Wildman–Crippen MR) is 82.5 cm³/mol. The van der Waals surface area contributed by atoms with E-state index in [2.05, 4.69) is 5.32 Å². The molecule has 2 aromatic rings. The van der Waals surface area contributed by atoms with Crippen LogP contribution in [0.15, 0.2) is 24.3 Å². The topological polar surface area (TPSA) is 21.3 Å². The van der Waals surface area contributed by atoms with Crippen LogP contribution in [0.4, 0.5) is 4.39 Å². The van der Waals surface area contributed by atoms with Crippen molar-refractivity contribution in [3.8, 4) is 5.75 Å². The average molecular weight is 314 g/mol. The van der Waals surface area contributed by atoms with E-state index in [1.54, 1.807) is 12.1 Å². The molecule has 1 unspecified atom stereocenters. The van der Waals surface area contributed by atoms with Gasteiger partial charge in [0, 0.05) is 16.5 Å². The molecule has 0 fully saturated rings. The van der Waals surface area contributed by atoms with Gasteiger partial charge in [-0.25, -0.2) is 4.39 Å². The Morgan fingerprint density at radius 1 is 1.40 bits per heavy atom. The zero-order chi connectivity index (χ0) is 14.7. The molecule has 20 heavy (non-hydrogen) atoms. The predicted octanol–water partition coefficient (Wildman–Crippen LogP) is 4.56. The molecule has 0 aliphatic heterocycles. The number of aryl methyl sites for hydroxylation is 1. The summed E-state index contributed by atoms with van der Waals surface area (Å²) in [4.78, 5) is 1.01. The zero-order valence-electron chi connectivity index (χ0n) is 11.7. The van der Waals surface area contributed by atoms with Crippen LogP contribution >= 0.6 is 22.9 Å². The minimum Gasteiger partial charge on any atom is -0.497 e. The lowest BCUT2D eigenvalue weighted by molar-refractivity contribution is 0.410. The summed E-state index contributed by atoms with van der Waals surface area (Å²) in [6.45, 7) is 4.69. The molecule has 0 amide bonds. The summed E-state index contributed by atoms with van der Waals surface area (Å²) in [7, 11) is 1.53. The highest BCUT2D eigenvalue weighted by molar-refractivity contribution is 7.16. The molecule has 0 bridgehead atoms. The summed E-state index contributed by atoms with van der Waals surface area (Å²) < 4.78 is 20.0. The van der Waals surface area contributed by atoms with Gasteiger partial charge in [0.25, 0.3) is 0 Å². The molecule has 108 valence electrons. The second kappa shape index (κ2) is 6.57. The molecule has 1 atom stereocenters. The van der Waals surface area contributed by atoms with Gasteiger partial charge in [-0.1, -0.05) is 24.6 Å². The van der Waals surface area contributed by atoms with Gasteiger partial charge in [-0.3, -0.25) is 0 Å². The summed E-state index contributed by atoms with van der Waals surface area (Å²) in [5, 5.41) is 3.31. The lowest BCUT2D eigenvalue weighted by Crippen LogP contribution is -2.22. The molecule has 5 heteroatoms. The molecule has 0 aliphatic rings. The van der Waals surface area contributed by atoms with Gasteiger partial charge in [-0.05, 0) is 31.2 Å². The van der Waals surface area contributed by atoms with Crippen molar-refractivity contribution in [1.29, 1.82) is 0 Å². The third kappa shape index (κ3) is 3.14. The Labute approximate surface area is 127 Å². The molecule has 0 aliphatic carbocycles. The van der Waals surface area contributed by atoms with Gasteiger partial charge < -0.3 is 10.1 Å². The number of benzene rings is 1. The highest BCUT2D eigenvalue weighted by atomic mass is 35.5. The number of methoxy groups -OCH3 is 1. The van der Waals surface area contributed by atoms with Crippen LogP contribution in [0.1, 0.15) is 29.0 Å². The molecule has 1 aromatic carbocycles. The highest BCUT2D eigenvalue weighted by Gasteiger charge is 2.20. The largest absolute Gasteiger partial charge is 0.497 e. The van der Waals surface area contributed by atoms with Crippen LogP contribution in [0, 0.1) is 12.7 Å².